The number of aromatic nitrogens is 2. The minimum atomic E-state index is -1.12. The molecule has 0 atom stereocenters. The fraction of sp³-hybridized carbons (Fsp3) is 0.200. The van der Waals surface area contributed by atoms with Gasteiger partial charge >= 0.3 is 6.09 Å². The summed E-state index contributed by atoms with van der Waals surface area (Å²) < 4.78 is 0.927. The van der Waals surface area contributed by atoms with Crippen LogP contribution in [0, 0.1) is 0 Å². The quantitative estimate of drug-likeness (QED) is 0.830. The van der Waals surface area contributed by atoms with Crippen molar-refractivity contribution in [3.8, 4) is 0 Å². The second kappa shape index (κ2) is 3.68. The molecular weight excluding hydrogens is 230 g/mol. The lowest BCUT2D eigenvalue weighted by Gasteiger charge is -2.07. The molecule has 2 aromatic rings. The van der Waals surface area contributed by atoms with Crippen LogP contribution in [0.15, 0.2) is 18.2 Å². The Morgan fingerprint density at radius 1 is 1.50 bits per heavy atom. The van der Waals surface area contributed by atoms with E-state index < -0.39 is 6.09 Å². The molecule has 1 heterocycles. The Morgan fingerprint density at radius 2 is 2.19 bits per heavy atom. The second-order valence-corrected chi connectivity index (χ2v) is 4.01. The van der Waals surface area contributed by atoms with E-state index in [0.29, 0.717) is 16.4 Å². The van der Waals surface area contributed by atoms with E-state index in [9.17, 15) is 4.79 Å². The molecule has 16 heavy (non-hydrogen) atoms. The molecule has 0 aliphatic carbocycles. The molecular formula is C10H10ClN3O2. The van der Waals surface area contributed by atoms with Crippen molar-refractivity contribution >= 4 is 34.4 Å². The van der Waals surface area contributed by atoms with Crippen molar-refractivity contribution in [1.82, 2.24) is 9.78 Å². The average Bonchev–Trinajstić information content (AvgIpc) is 2.56. The van der Waals surface area contributed by atoms with Gasteiger partial charge < -0.3 is 10.0 Å². The van der Waals surface area contributed by atoms with Crippen LogP contribution in [0.4, 0.5) is 10.6 Å². The molecule has 0 aliphatic rings. The summed E-state index contributed by atoms with van der Waals surface area (Å²) in [6.07, 6.45) is -1.12. The zero-order chi connectivity index (χ0) is 11.9. The first-order valence-electron chi connectivity index (χ1n) is 4.59. The molecule has 0 radical (unpaired) electrons. The Kier molecular flexibility index (Phi) is 2.47. The Labute approximate surface area is 96.8 Å². The summed E-state index contributed by atoms with van der Waals surface area (Å²) in [7, 11) is 3.62. The van der Waals surface area contributed by atoms with E-state index in [1.807, 2.05) is 14.1 Å². The molecule has 0 aliphatic heterocycles. The normalized spacial score (nSPS) is 10.7. The van der Waals surface area contributed by atoms with Crippen molar-refractivity contribution < 1.29 is 9.90 Å². The van der Waals surface area contributed by atoms with Gasteiger partial charge in [0, 0.05) is 24.5 Å². The molecule has 0 unspecified atom stereocenters. The molecule has 6 heteroatoms. The number of benzene rings is 1. The van der Waals surface area contributed by atoms with Crippen LogP contribution in [0.5, 0.6) is 0 Å². The highest BCUT2D eigenvalue weighted by atomic mass is 35.5. The summed E-state index contributed by atoms with van der Waals surface area (Å²) in [5, 5.41) is 14.3. The van der Waals surface area contributed by atoms with Gasteiger partial charge in [-0.3, -0.25) is 0 Å². The highest BCUT2D eigenvalue weighted by Crippen LogP contribution is 2.27. The first-order chi connectivity index (χ1) is 7.50. The second-order valence-electron chi connectivity index (χ2n) is 3.57. The zero-order valence-electron chi connectivity index (χ0n) is 8.81. The molecule has 1 aromatic carbocycles. The summed E-state index contributed by atoms with van der Waals surface area (Å²) in [5.74, 6) is 0.606. The van der Waals surface area contributed by atoms with Crippen LogP contribution < -0.4 is 4.90 Å². The zero-order valence-corrected chi connectivity index (χ0v) is 9.56. The third-order valence-electron chi connectivity index (χ3n) is 2.23. The van der Waals surface area contributed by atoms with Gasteiger partial charge in [0.1, 0.15) is 0 Å². The smallest absolute Gasteiger partial charge is 0.432 e. The van der Waals surface area contributed by atoms with E-state index in [0.717, 1.165) is 10.1 Å². The monoisotopic (exact) mass is 239 g/mol. The molecule has 0 fully saturated rings. The fourth-order valence-corrected chi connectivity index (χ4v) is 1.71. The van der Waals surface area contributed by atoms with Crippen molar-refractivity contribution in [2.24, 2.45) is 0 Å². The molecule has 0 spiro atoms. The molecule has 0 saturated heterocycles. The van der Waals surface area contributed by atoms with Crippen LogP contribution in [0.1, 0.15) is 0 Å². The van der Waals surface area contributed by atoms with E-state index in [1.165, 1.54) is 0 Å². The maximum atomic E-state index is 11.0. The van der Waals surface area contributed by atoms with E-state index in [1.54, 1.807) is 23.1 Å². The summed E-state index contributed by atoms with van der Waals surface area (Å²) in [6, 6.07) is 5.06. The minimum Gasteiger partial charge on any atom is -0.463 e. The number of hydrogen-bond acceptors (Lipinski definition) is 3. The Balaban J connectivity index is 2.81. The number of hydrogen-bond donors (Lipinski definition) is 1. The van der Waals surface area contributed by atoms with Crippen molar-refractivity contribution in [1.29, 1.82) is 0 Å². The predicted octanol–water partition coefficient (Wildman–Crippen LogP) is 2.28. The van der Waals surface area contributed by atoms with Crippen molar-refractivity contribution in [2.75, 3.05) is 19.0 Å². The highest BCUT2D eigenvalue weighted by molar-refractivity contribution is 6.31. The Morgan fingerprint density at radius 3 is 2.75 bits per heavy atom. The van der Waals surface area contributed by atoms with Gasteiger partial charge in [-0.05, 0) is 18.2 Å². The number of nitrogens with zero attached hydrogens (tertiary/aromatic N) is 3. The first-order valence-corrected chi connectivity index (χ1v) is 4.97. The molecule has 0 amide bonds. The predicted molar refractivity (Wildman–Crippen MR) is 62.5 cm³/mol. The summed E-state index contributed by atoms with van der Waals surface area (Å²) in [6.45, 7) is 0. The molecule has 1 aromatic heterocycles. The van der Waals surface area contributed by atoms with Gasteiger partial charge in [0.25, 0.3) is 0 Å². The van der Waals surface area contributed by atoms with E-state index in [2.05, 4.69) is 5.10 Å². The van der Waals surface area contributed by atoms with Gasteiger partial charge in [-0.1, -0.05) is 11.6 Å². The van der Waals surface area contributed by atoms with Crippen LogP contribution in [0.2, 0.25) is 5.02 Å². The lowest BCUT2D eigenvalue weighted by atomic mass is 10.2. The number of anilines is 1. The van der Waals surface area contributed by atoms with Crippen molar-refractivity contribution in [2.45, 2.75) is 0 Å². The SMILES string of the molecule is CN(C)c1nn(C(=O)O)c2cc(Cl)ccc12. The van der Waals surface area contributed by atoms with E-state index in [-0.39, 0.29) is 0 Å². The third-order valence-corrected chi connectivity index (χ3v) is 2.46. The van der Waals surface area contributed by atoms with Gasteiger partial charge in [0.15, 0.2) is 5.82 Å². The van der Waals surface area contributed by atoms with Gasteiger partial charge in [-0.2, -0.15) is 4.68 Å². The molecule has 0 saturated carbocycles. The van der Waals surface area contributed by atoms with Crippen LogP contribution >= 0.6 is 11.6 Å². The first kappa shape index (κ1) is 10.8. The lowest BCUT2D eigenvalue weighted by Crippen LogP contribution is -2.13. The molecule has 84 valence electrons. The van der Waals surface area contributed by atoms with Crippen molar-refractivity contribution in [3.63, 3.8) is 0 Å². The Bertz CT molecular complexity index is 562. The van der Waals surface area contributed by atoms with Gasteiger partial charge in [0.2, 0.25) is 0 Å². The number of carboxylic acid groups (broad SMARTS) is 1. The average molecular weight is 240 g/mol. The van der Waals surface area contributed by atoms with Gasteiger partial charge in [-0.15, -0.1) is 5.10 Å². The molecule has 0 bridgehead atoms. The van der Waals surface area contributed by atoms with Crippen molar-refractivity contribution in [3.05, 3.63) is 23.2 Å². The van der Waals surface area contributed by atoms with E-state index >= 15 is 0 Å². The molecule has 5 nitrogen and oxygen atoms in total. The third kappa shape index (κ3) is 1.59. The summed E-state index contributed by atoms with van der Waals surface area (Å²) >= 11 is 5.84. The Hall–Kier alpha value is -1.75. The number of halogens is 1. The van der Waals surface area contributed by atoms with Crippen LogP contribution in [0.25, 0.3) is 10.9 Å². The van der Waals surface area contributed by atoms with Crippen LogP contribution in [-0.4, -0.2) is 35.1 Å². The summed E-state index contributed by atoms with van der Waals surface area (Å²) in [5.41, 5.74) is 0.490. The standard InChI is InChI=1S/C10H10ClN3O2/c1-13(2)9-7-4-3-6(11)5-8(7)14(12-9)10(15)16/h3-5H,1-2H3,(H,15,16). The summed E-state index contributed by atoms with van der Waals surface area (Å²) in [4.78, 5) is 12.8. The molecule has 2 rings (SSSR count). The number of rotatable bonds is 1. The maximum Gasteiger partial charge on any atom is 0.432 e. The van der Waals surface area contributed by atoms with E-state index in [4.69, 9.17) is 16.7 Å². The largest absolute Gasteiger partial charge is 0.463 e. The fourth-order valence-electron chi connectivity index (χ4n) is 1.55. The number of carbonyl (C=O) groups is 1. The number of fused-ring (bicyclic) bond motifs is 1. The highest BCUT2D eigenvalue weighted by Gasteiger charge is 2.15. The van der Waals surface area contributed by atoms with Crippen LogP contribution in [0.3, 0.4) is 0 Å². The minimum absolute atomic E-state index is 0.486. The lowest BCUT2D eigenvalue weighted by molar-refractivity contribution is 0.194. The van der Waals surface area contributed by atoms with Gasteiger partial charge in [-0.25, -0.2) is 4.79 Å². The molecule has 1 N–H and O–H groups in total. The van der Waals surface area contributed by atoms with Crippen LogP contribution in [-0.2, 0) is 0 Å². The van der Waals surface area contributed by atoms with Gasteiger partial charge in [0.05, 0.1) is 5.52 Å². The maximum absolute atomic E-state index is 11.0. The topological polar surface area (TPSA) is 58.4 Å².